The average Bonchev–Trinajstić information content (AvgIpc) is 2.91. The fourth-order valence-corrected chi connectivity index (χ4v) is 2.82. The second-order valence-electron chi connectivity index (χ2n) is 4.92. The third kappa shape index (κ3) is 2.99. The van der Waals surface area contributed by atoms with Gasteiger partial charge in [-0.2, -0.15) is 0 Å². The number of anilines is 2. The van der Waals surface area contributed by atoms with E-state index in [2.05, 4.69) is 40.3 Å². The summed E-state index contributed by atoms with van der Waals surface area (Å²) in [5.74, 6) is 0.774. The first-order valence-electron chi connectivity index (χ1n) is 6.75. The zero-order chi connectivity index (χ0) is 14.8. The molecule has 0 saturated carbocycles. The summed E-state index contributed by atoms with van der Waals surface area (Å²) in [7, 11) is 0. The summed E-state index contributed by atoms with van der Waals surface area (Å²) in [4.78, 5) is 6.65. The maximum atomic E-state index is 6.21. The number of para-hydroxylation sites is 1. The van der Waals surface area contributed by atoms with Crippen molar-refractivity contribution in [1.82, 2.24) is 0 Å². The van der Waals surface area contributed by atoms with Gasteiger partial charge in [0.25, 0.3) is 0 Å². The number of benzene rings is 2. The number of hydrogen-bond acceptors (Lipinski definition) is 3. The zero-order valence-corrected chi connectivity index (χ0v) is 13.1. The molecule has 0 fully saturated rings. The van der Waals surface area contributed by atoms with E-state index in [1.54, 1.807) is 0 Å². The lowest BCUT2D eigenvalue weighted by molar-refractivity contribution is 1.02. The molecule has 0 radical (unpaired) electrons. The van der Waals surface area contributed by atoms with Crippen molar-refractivity contribution in [3.05, 3.63) is 58.1 Å². The van der Waals surface area contributed by atoms with Gasteiger partial charge in [-0.25, -0.2) is 0 Å². The van der Waals surface area contributed by atoms with Crippen molar-refractivity contribution < 1.29 is 0 Å². The van der Waals surface area contributed by atoms with Crippen LogP contribution in [-0.4, -0.2) is 19.0 Å². The van der Waals surface area contributed by atoms with Crippen molar-refractivity contribution in [3.63, 3.8) is 0 Å². The Labute approximate surface area is 134 Å². The number of rotatable bonds is 2. The molecule has 5 heteroatoms. The van der Waals surface area contributed by atoms with Gasteiger partial charge in [0, 0.05) is 12.2 Å². The Morgan fingerprint density at radius 3 is 2.52 bits per heavy atom. The van der Waals surface area contributed by atoms with E-state index >= 15 is 0 Å². The lowest BCUT2D eigenvalue weighted by Crippen LogP contribution is -2.33. The average molecular weight is 320 g/mol. The first kappa shape index (κ1) is 14.2. The Morgan fingerprint density at radius 2 is 1.81 bits per heavy atom. The quantitative estimate of drug-likeness (QED) is 0.876. The zero-order valence-electron chi connectivity index (χ0n) is 11.6. The van der Waals surface area contributed by atoms with Gasteiger partial charge in [0.15, 0.2) is 0 Å². The fraction of sp³-hybridized carbons (Fsp3) is 0.188. The maximum absolute atomic E-state index is 6.21. The van der Waals surface area contributed by atoms with Gasteiger partial charge in [-0.15, -0.1) is 0 Å². The third-order valence-corrected chi connectivity index (χ3v) is 3.98. The molecule has 0 atom stereocenters. The van der Waals surface area contributed by atoms with E-state index in [1.807, 2.05) is 24.3 Å². The number of hydrogen-bond donors (Lipinski definition) is 1. The van der Waals surface area contributed by atoms with Crippen molar-refractivity contribution in [1.29, 1.82) is 0 Å². The molecule has 1 heterocycles. The summed E-state index contributed by atoms with van der Waals surface area (Å²) in [6, 6.07) is 13.8. The van der Waals surface area contributed by atoms with E-state index in [0.717, 1.165) is 24.7 Å². The van der Waals surface area contributed by atoms with Crippen LogP contribution in [0.25, 0.3) is 0 Å². The molecular weight excluding hydrogens is 305 g/mol. The van der Waals surface area contributed by atoms with Gasteiger partial charge in [0.2, 0.25) is 5.96 Å². The normalized spacial score (nSPS) is 14.2. The van der Waals surface area contributed by atoms with Crippen LogP contribution < -0.4 is 10.2 Å². The predicted octanol–water partition coefficient (Wildman–Crippen LogP) is 4.59. The van der Waals surface area contributed by atoms with E-state index in [-0.39, 0.29) is 0 Å². The van der Waals surface area contributed by atoms with Crippen LogP contribution in [0.15, 0.2) is 47.5 Å². The van der Waals surface area contributed by atoms with Gasteiger partial charge >= 0.3 is 0 Å². The second-order valence-corrected chi connectivity index (χ2v) is 5.73. The van der Waals surface area contributed by atoms with Crippen molar-refractivity contribution in [2.75, 3.05) is 23.3 Å². The first-order chi connectivity index (χ1) is 10.1. The molecular formula is C16H15Cl2N3. The summed E-state index contributed by atoms with van der Waals surface area (Å²) in [5, 5.41) is 4.43. The van der Waals surface area contributed by atoms with Crippen molar-refractivity contribution >= 4 is 40.5 Å². The Kier molecular flexibility index (Phi) is 4.04. The van der Waals surface area contributed by atoms with Gasteiger partial charge in [0.05, 0.1) is 22.3 Å². The van der Waals surface area contributed by atoms with Crippen LogP contribution in [0.3, 0.4) is 0 Å². The van der Waals surface area contributed by atoms with Gasteiger partial charge in [-0.05, 0) is 36.8 Å². The first-order valence-corrected chi connectivity index (χ1v) is 7.50. The molecule has 0 unspecified atom stereocenters. The largest absolute Gasteiger partial charge is 0.323 e. The van der Waals surface area contributed by atoms with Crippen LogP contribution in [0.4, 0.5) is 11.4 Å². The molecule has 2 aromatic rings. The number of nitrogens with one attached hydrogen (secondary N) is 1. The predicted molar refractivity (Wildman–Crippen MR) is 90.9 cm³/mol. The monoisotopic (exact) mass is 319 g/mol. The molecule has 1 N–H and O–H groups in total. The second kappa shape index (κ2) is 5.96. The molecule has 0 saturated heterocycles. The summed E-state index contributed by atoms with van der Waals surface area (Å²) >= 11 is 12.4. The van der Waals surface area contributed by atoms with Crippen molar-refractivity contribution in [3.8, 4) is 0 Å². The number of aliphatic imine (C=N–C) groups is 1. The minimum absolute atomic E-state index is 0.585. The standard InChI is InChI=1S/C16H15Cl2N3/c1-11-4-2-5-12(10-11)21-9-8-19-16(21)20-15-13(17)6-3-7-14(15)18/h2-7,10H,8-9H2,1H3,(H,19,20). The van der Waals surface area contributed by atoms with Crippen molar-refractivity contribution in [2.45, 2.75) is 6.92 Å². The lowest BCUT2D eigenvalue weighted by atomic mass is 10.2. The Balaban J connectivity index is 1.88. The lowest BCUT2D eigenvalue weighted by Gasteiger charge is -2.22. The molecule has 1 aliphatic heterocycles. The van der Waals surface area contributed by atoms with Crippen LogP contribution in [0.5, 0.6) is 0 Å². The van der Waals surface area contributed by atoms with Crippen LogP contribution in [0.1, 0.15) is 5.56 Å². The topological polar surface area (TPSA) is 27.6 Å². The summed E-state index contributed by atoms with van der Waals surface area (Å²) < 4.78 is 0. The molecule has 21 heavy (non-hydrogen) atoms. The number of guanidine groups is 1. The van der Waals surface area contributed by atoms with E-state index in [1.165, 1.54) is 5.56 Å². The molecule has 3 rings (SSSR count). The smallest absolute Gasteiger partial charge is 0.203 e. The molecule has 0 aliphatic carbocycles. The summed E-state index contributed by atoms with van der Waals surface area (Å²) in [6.07, 6.45) is 0. The molecule has 0 bridgehead atoms. The van der Waals surface area contributed by atoms with Crippen LogP contribution >= 0.6 is 23.2 Å². The molecule has 0 spiro atoms. The summed E-state index contributed by atoms with van der Waals surface area (Å²) in [6.45, 7) is 3.67. The highest BCUT2D eigenvalue weighted by atomic mass is 35.5. The molecule has 1 aliphatic rings. The fourth-order valence-electron chi connectivity index (χ4n) is 2.33. The summed E-state index contributed by atoms with van der Waals surface area (Å²) in [5.41, 5.74) is 3.02. The van der Waals surface area contributed by atoms with E-state index in [9.17, 15) is 0 Å². The highest BCUT2D eigenvalue weighted by molar-refractivity contribution is 6.40. The third-order valence-electron chi connectivity index (χ3n) is 3.35. The molecule has 108 valence electrons. The van der Waals surface area contributed by atoms with Crippen molar-refractivity contribution in [2.24, 2.45) is 4.99 Å². The van der Waals surface area contributed by atoms with Crippen LogP contribution in [0.2, 0.25) is 10.0 Å². The Bertz CT molecular complexity index is 677. The van der Waals surface area contributed by atoms with Crippen LogP contribution in [-0.2, 0) is 0 Å². The minimum atomic E-state index is 0.585. The van der Waals surface area contributed by atoms with E-state index in [0.29, 0.717) is 15.7 Å². The molecule has 0 amide bonds. The number of nitrogens with zero attached hydrogens (tertiary/aromatic N) is 2. The van der Waals surface area contributed by atoms with Crippen LogP contribution in [0, 0.1) is 6.92 Å². The number of aryl methyl sites for hydroxylation is 1. The Morgan fingerprint density at radius 1 is 1.10 bits per heavy atom. The number of halogens is 2. The van der Waals surface area contributed by atoms with Gasteiger partial charge in [-0.1, -0.05) is 41.4 Å². The van der Waals surface area contributed by atoms with E-state index < -0.39 is 0 Å². The van der Waals surface area contributed by atoms with E-state index in [4.69, 9.17) is 23.2 Å². The van der Waals surface area contributed by atoms with Gasteiger partial charge in [-0.3, -0.25) is 4.99 Å². The molecule has 3 nitrogen and oxygen atoms in total. The SMILES string of the molecule is Cc1cccc(N2CCN=C2Nc2c(Cl)cccc2Cl)c1. The molecule has 0 aromatic heterocycles. The Hall–Kier alpha value is -1.71. The molecule has 2 aromatic carbocycles. The highest BCUT2D eigenvalue weighted by Gasteiger charge is 2.20. The van der Waals surface area contributed by atoms with Gasteiger partial charge < -0.3 is 10.2 Å². The van der Waals surface area contributed by atoms with Gasteiger partial charge in [0.1, 0.15) is 0 Å². The minimum Gasteiger partial charge on any atom is -0.323 e. The highest BCUT2D eigenvalue weighted by Crippen LogP contribution is 2.31. The maximum Gasteiger partial charge on any atom is 0.203 e.